The molecule has 72 valence electrons. The van der Waals surface area contributed by atoms with E-state index in [1.165, 1.54) is 6.33 Å². The molecule has 4 N–H and O–H groups in total. The Hall–Kier alpha value is -2.11. The zero-order chi connectivity index (χ0) is 9.80. The van der Waals surface area contributed by atoms with Gasteiger partial charge in [0.25, 0.3) is 0 Å². The summed E-state index contributed by atoms with van der Waals surface area (Å²) in [6, 6.07) is 3.75. The van der Waals surface area contributed by atoms with E-state index in [4.69, 9.17) is 5.73 Å². The van der Waals surface area contributed by atoms with E-state index in [0.29, 0.717) is 18.3 Å². The predicted octanol–water partition coefficient (Wildman–Crippen LogP) is 0.394. The Morgan fingerprint density at radius 1 is 1.43 bits per heavy atom. The van der Waals surface area contributed by atoms with Crippen molar-refractivity contribution in [1.29, 1.82) is 0 Å². The Bertz CT molecular complexity index is 396. The lowest BCUT2D eigenvalue weighted by molar-refractivity contribution is 1.04. The fourth-order valence-corrected chi connectivity index (χ4v) is 1.07. The van der Waals surface area contributed by atoms with Gasteiger partial charge in [-0.2, -0.15) is 5.10 Å². The van der Waals surface area contributed by atoms with Gasteiger partial charge in [-0.25, -0.2) is 15.1 Å². The molecule has 0 unspecified atom stereocenters. The van der Waals surface area contributed by atoms with Gasteiger partial charge in [0.1, 0.15) is 12.1 Å². The highest BCUT2D eigenvalue weighted by Gasteiger charge is 1.99. The average Bonchev–Trinajstić information content (AvgIpc) is 2.69. The summed E-state index contributed by atoms with van der Waals surface area (Å²) in [7, 11) is 0. The lowest BCUT2D eigenvalue weighted by atomic mass is 10.2. The zero-order valence-corrected chi connectivity index (χ0v) is 7.44. The number of nitrogens with two attached hydrogens (primary N) is 1. The summed E-state index contributed by atoms with van der Waals surface area (Å²) in [5.74, 6) is 1.15. The van der Waals surface area contributed by atoms with Crippen molar-refractivity contribution in [2.45, 2.75) is 6.54 Å². The van der Waals surface area contributed by atoms with Crippen molar-refractivity contribution in [2.24, 2.45) is 0 Å². The summed E-state index contributed by atoms with van der Waals surface area (Å²) >= 11 is 0. The molecule has 6 heteroatoms. The topological polar surface area (TPSA) is 92.5 Å². The van der Waals surface area contributed by atoms with Crippen molar-refractivity contribution >= 4 is 11.8 Å². The van der Waals surface area contributed by atoms with Crippen LogP contribution in [0.1, 0.15) is 5.56 Å². The van der Waals surface area contributed by atoms with Gasteiger partial charge < -0.3 is 11.1 Å². The largest absolute Gasteiger partial charge is 0.383 e. The predicted molar refractivity (Wildman–Crippen MR) is 52.4 cm³/mol. The third-order valence-corrected chi connectivity index (χ3v) is 1.79. The highest BCUT2D eigenvalue weighted by molar-refractivity contribution is 5.40. The van der Waals surface area contributed by atoms with Crippen LogP contribution in [0.2, 0.25) is 0 Å². The molecule has 2 rings (SSSR count). The Morgan fingerprint density at radius 2 is 2.36 bits per heavy atom. The monoisotopic (exact) mass is 190 g/mol. The standard InChI is InChI=1S/C8H10N6/c9-7-6(2-1-3-10-7)4-11-8-12-5-13-14-8/h1-3,5H,4H2,(H2,9,10)(H2,11,12,13,14). The molecule has 0 amide bonds. The first kappa shape index (κ1) is 8.49. The van der Waals surface area contributed by atoms with Gasteiger partial charge in [-0.15, -0.1) is 0 Å². The number of aromatic nitrogens is 4. The molecule has 0 bridgehead atoms. The molecule has 2 aromatic rings. The van der Waals surface area contributed by atoms with Gasteiger partial charge in [0.05, 0.1) is 0 Å². The van der Waals surface area contributed by atoms with E-state index in [-0.39, 0.29) is 0 Å². The number of H-pyrrole nitrogens is 1. The molecule has 14 heavy (non-hydrogen) atoms. The molecule has 0 aliphatic rings. The molecule has 2 heterocycles. The number of aromatic amines is 1. The van der Waals surface area contributed by atoms with Crippen molar-refractivity contribution in [3.05, 3.63) is 30.2 Å². The second-order valence-corrected chi connectivity index (χ2v) is 2.74. The minimum Gasteiger partial charge on any atom is -0.383 e. The summed E-state index contributed by atoms with van der Waals surface area (Å²) in [4.78, 5) is 7.89. The minimum atomic E-state index is 0.527. The van der Waals surface area contributed by atoms with Gasteiger partial charge in [0, 0.05) is 18.3 Å². The highest BCUT2D eigenvalue weighted by Crippen LogP contribution is 2.08. The van der Waals surface area contributed by atoms with Crippen LogP contribution in [-0.4, -0.2) is 20.2 Å². The second-order valence-electron chi connectivity index (χ2n) is 2.74. The fourth-order valence-electron chi connectivity index (χ4n) is 1.07. The van der Waals surface area contributed by atoms with Crippen LogP contribution in [0.15, 0.2) is 24.7 Å². The number of nitrogens with zero attached hydrogens (tertiary/aromatic N) is 3. The maximum Gasteiger partial charge on any atom is 0.218 e. The molecule has 0 spiro atoms. The number of nitrogens with one attached hydrogen (secondary N) is 2. The summed E-state index contributed by atoms with van der Waals surface area (Å²) in [6.45, 7) is 0.578. The van der Waals surface area contributed by atoms with E-state index in [1.54, 1.807) is 6.20 Å². The molecule has 0 saturated heterocycles. The van der Waals surface area contributed by atoms with E-state index in [2.05, 4.69) is 25.5 Å². The Balaban J connectivity index is 2.02. The third kappa shape index (κ3) is 1.79. The number of pyridine rings is 1. The summed E-state index contributed by atoms with van der Waals surface area (Å²) in [5.41, 5.74) is 6.60. The van der Waals surface area contributed by atoms with Gasteiger partial charge in [-0.3, -0.25) is 0 Å². The maximum atomic E-state index is 5.66. The highest BCUT2D eigenvalue weighted by atomic mass is 15.3. The molecule has 0 fully saturated rings. The lowest BCUT2D eigenvalue weighted by Gasteiger charge is -2.04. The van der Waals surface area contributed by atoms with Gasteiger partial charge in [0.15, 0.2) is 0 Å². The fraction of sp³-hybridized carbons (Fsp3) is 0.125. The average molecular weight is 190 g/mol. The number of nitrogen functional groups attached to an aromatic ring is 1. The van der Waals surface area contributed by atoms with Gasteiger partial charge >= 0.3 is 0 Å². The molecule has 0 saturated carbocycles. The second kappa shape index (κ2) is 3.73. The summed E-state index contributed by atoms with van der Waals surface area (Å²) < 4.78 is 0. The summed E-state index contributed by atoms with van der Waals surface area (Å²) in [5, 5.41) is 9.44. The van der Waals surface area contributed by atoms with E-state index < -0.39 is 0 Å². The first-order valence-corrected chi connectivity index (χ1v) is 4.15. The molecule has 6 nitrogen and oxygen atoms in total. The van der Waals surface area contributed by atoms with Crippen molar-refractivity contribution in [3.8, 4) is 0 Å². The minimum absolute atomic E-state index is 0.527. The number of hydrogen-bond donors (Lipinski definition) is 3. The third-order valence-electron chi connectivity index (χ3n) is 1.79. The molecule has 0 aliphatic heterocycles. The molecule has 0 atom stereocenters. The number of rotatable bonds is 3. The van der Waals surface area contributed by atoms with Gasteiger partial charge in [-0.05, 0) is 6.07 Å². The normalized spacial score (nSPS) is 10.0. The molecular formula is C8H10N6. The maximum absolute atomic E-state index is 5.66. The molecule has 2 aromatic heterocycles. The van der Waals surface area contributed by atoms with E-state index >= 15 is 0 Å². The van der Waals surface area contributed by atoms with Crippen LogP contribution in [-0.2, 0) is 6.54 Å². The first-order chi connectivity index (χ1) is 6.86. The smallest absolute Gasteiger partial charge is 0.218 e. The van der Waals surface area contributed by atoms with Crippen LogP contribution >= 0.6 is 0 Å². The zero-order valence-electron chi connectivity index (χ0n) is 7.44. The number of hydrogen-bond acceptors (Lipinski definition) is 5. The Morgan fingerprint density at radius 3 is 3.07 bits per heavy atom. The van der Waals surface area contributed by atoms with Crippen LogP contribution in [0.3, 0.4) is 0 Å². The lowest BCUT2D eigenvalue weighted by Crippen LogP contribution is -2.05. The van der Waals surface area contributed by atoms with E-state index in [0.717, 1.165) is 5.56 Å². The molecule has 0 aliphatic carbocycles. The van der Waals surface area contributed by atoms with Crippen LogP contribution in [0.4, 0.5) is 11.8 Å². The van der Waals surface area contributed by atoms with Crippen molar-refractivity contribution in [1.82, 2.24) is 20.2 Å². The van der Waals surface area contributed by atoms with Gasteiger partial charge in [-0.1, -0.05) is 6.07 Å². The quantitative estimate of drug-likeness (QED) is 0.651. The first-order valence-electron chi connectivity index (χ1n) is 4.15. The van der Waals surface area contributed by atoms with Crippen LogP contribution in [0.5, 0.6) is 0 Å². The molecule has 0 radical (unpaired) electrons. The van der Waals surface area contributed by atoms with E-state index in [1.807, 2.05) is 12.1 Å². The Labute approximate surface area is 80.6 Å². The summed E-state index contributed by atoms with van der Waals surface area (Å²) in [6.07, 6.45) is 3.10. The van der Waals surface area contributed by atoms with Crippen LogP contribution < -0.4 is 11.1 Å². The van der Waals surface area contributed by atoms with Crippen molar-refractivity contribution < 1.29 is 0 Å². The molecular weight excluding hydrogens is 180 g/mol. The van der Waals surface area contributed by atoms with Crippen molar-refractivity contribution in [2.75, 3.05) is 11.1 Å². The van der Waals surface area contributed by atoms with Crippen molar-refractivity contribution in [3.63, 3.8) is 0 Å². The SMILES string of the molecule is Nc1ncccc1CNc1ncn[nH]1. The number of anilines is 2. The Kier molecular flexibility index (Phi) is 2.26. The van der Waals surface area contributed by atoms with Crippen LogP contribution in [0, 0.1) is 0 Å². The van der Waals surface area contributed by atoms with E-state index in [9.17, 15) is 0 Å². The van der Waals surface area contributed by atoms with Crippen LogP contribution in [0.25, 0.3) is 0 Å². The molecule has 0 aromatic carbocycles. The van der Waals surface area contributed by atoms with Gasteiger partial charge in [0.2, 0.25) is 5.95 Å².